The first-order chi connectivity index (χ1) is 13.6. The van der Waals surface area contributed by atoms with Crippen molar-refractivity contribution in [2.45, 2.75) is 31.6 Å². The van der Waals surface area contributed by atoms with Crippen molar-refractivity contribution >= 4 is 21.8 Å². The summed E-state index contributed by atoms with van der Waals surface area (Å²) in [6, 6.07) is 5.07. The van der Waals surface area contributed by atoms with E-state index >= 15 is 0 Å². The van der Waals surface area contributed by atoms with E-state index in [0.29, 0.717) is 30.0 Å². The number of carbonyl (C=O) groups is 1. The molecule has 0 amide bonds. The molecule has 1 aliphatic carbocycles. The molecule has 3 atom stereocenters. The molecule has 0 saturated carbocycles. The van der Waals surface area contributed by atoms with Crippen LogP contribution in [0.4, 0.5) is 5.82 Å². The maximum absolute atomic E-state index is 13.6. The van der Waals surface area contributed by atoms with E-state index in [1.165, 1.54) is 23.4 Å². The predicted molar refractivity (Wildman–Crippen MR) is 109 cm³/mol. The fraction of sp³-hybridized carbons (Fsp3) is 0.450. The van der Waals surface area contributed by atoms with E-state index in [1.54, 1.807) is 38.3 Å². The van der Waals surface area contributed by atoms with Crippen LogP contribution < -0.4 is 4.90 Å². The second-order valence-electron chi connectivity index (χ2n) is 7.64. The number of pyridine rings is 1. The maximum Gasteiger partial charge on any atom is 0.312 e. The van der Waals surface area contributed by atoms with E-state index in [9.17, 15) is 23.6 Å². The van der Waals surface area contributed by atoms with Gasteiger partial charge in [-0.3, -0.25) is 4.79 Å². The van der Waals surface area contributed by atoms with Gasteiger partial charge in [0.15, 0.2) is 0 Å². The maximum atomic E-state index is 13.6. The van der Waals surface area contributed by atoms with Gasteiger partial charge in [0.05, 0.1) is 11.5 Å². The van der Waals surface area contributed by atoms with Gasteiger partial charge in [-0.25, -0.2) is 13.4 Å². The van der Waals surface area contributed by atoms with Crippen LogP contribution in [-0.4, -0.2) is 59.2 Å². The summed E-state index contributed by atoms with van der Waals surface area (Å²) >= 11 is 0. The lowest BCUT2D eigenvalue weighted by Crippen LogP contribution is -2.60. The van der Waals surface area contributed by atoms with Gasteiger partial charge in [-0.05, 0) is 32.9 Å². The molecule has 1 aromatic rings. The van der Waals surface area contributed by atoms with Crippen molar-refractivity contribution in [2.24, 2.45) is 5.92 Å². The molecule has 0 bridgehead atoms. The smallest absolute Gasteiger partial charge is 0.312 e. The van der Waals surface area contributed by atoms with E-state index in [4.69, 9.17) is 0 Å². The molecule has 1 saturated heterocycles. The number of aliphatic carboxylic acids is 1. The van der Waals surface area contributed by atoms with E-state index < -0.39 is 32.7 Å². The molecule has 0 aromatic carbocycles. The van der Waals surface area contributed by atoms with Gasteiger partial charge in [0.25, 0.3) is 0 Å². The first-order valence-electron chi connectivity index (χ1n) is 9.33. The number of nitriles is 1. The number of carboxylic acid groups (broad SMARTS) is 1. The average Bonchev–Trinajstić information content (AvgIpc) is 2.67. The van der Waals surface area contributed by atoms with Crippen LogP contribution in [0.15, 0.2) is 42.1 Å². The Bertz CT molecular complexity index is 1030. The van der Waals surface area contributed by atoms with Gasteiger partial charge in [-0.1, -0.05) is 23.8 Å². The molecule has 1 N–H and O–H groups in total. The molecule has 1 aromatic heterocycles. The zero-order valence-corrected chi connectivity index (χ0v) is 17.4. The van der Waals surface area contributed by atoms with Crippen LogP contribution in [0, 0.1) is 17.2 Å². The molecule has 2 heterocycles. The zero-order valence-electron chi connectivity index (χ0n) is 16.6. The zero-order chi connectivity index (χ0) is 21.4. The quantitative estimate of drug-likeness (QED) is 0.795. The highest BCUT2D eigenvalue weighted by molar-refractivity contribution is 7.90. The molecule has 3 unspecified atom stereocenters. The summed E-state index contributed by atoms with van der Waals surface area (Å²) < 4.78 is 27.0. The van der Waals surface area contributed by atoms with Crippen molar-refractivity contribution in [3.63, 3.8) is 0 Å². The fourth-order valence-corrected chi connectivity index (χ4v) is 6.27. The molecule has 0 radical (unpaired) electrons. The number of aromatic nitrogens is 1. The van der Waals surface area contributed by atoms with Crippen LogP contribution in [0.1, 0.15) is 26.3 Å². The summed E-state index contributed by atoms with van der Waals surface area (Å²) in [7, 11) is -3.97. The van der Waals surface area contributed by atoms with Gasteiger partial charge in [0.1, 0.15) is 16.6 Å². The summed E-state index contributed by atoms with van der Waals surface area (Å²) in [5, 5.41) is 18.9. The Morgan fingerprint density at radius 3 is 2.76 bits per heavy atom. The number of carboxylic acids is 1. The van der Waals surface area contributed by atoms with Gasteiger partial charge in [-0.2, -0.15) is 9.57 Å². The van der Waals surface area contributed by atoms with Crippen LogP contribution in [-0.2, 0) is 14.8 Å². The normalized spacial score (nSPS) is 27.9. The molecule has 1 aliphatic heterocycles. The Balaban J connectivity index is 1.91. The Kier molecular flexibility index (Phi) is 5.52. The minimum atomic E-state index is -3.97. The highest BCUT2D eigenvalue weighted by Crippen LogP contribution is 2.38. The van der Waals surface area contributed by atoms with Gasteiger partial charge >= 0.3 is 5.97 Å². The fourth-order valence-electron chi connectivity index (χ4n) is 4.07. The molecular formula is C20H24N4O4S. The Hall–Kier alpha value is -2.70. The van der Waals surface area contributed by atoms with Crippen LogP contribution in [0.3, 0.4) is 0 Å². The second-order valence-corrected chi connectivity index (χ2v) is 9.94. The third kappa shape index (κ3) is 3.54. The minimum Gasteiger partial charge on any atom is -0.481 e. The van der Waals surface area contributed by atoms with Crippen molar-refractivity contribution < 1.29 is 18.3 Å². The monoisotopic (exact) mass is 416 g/mol. The van der Waals surface area contributed by atoms with Gasteiger partial charge < -0.3 is 10.0 Å². The molecule has 9 heteroatoms. The third-order valence-corrected chi connectivity index (χ3v) is 8.23. The number of rotatable bonds is 4. The molecule has 29 heavy (non-hydrogen) atoms. The second kappa shape index (κ2) is 7.61. The molecule has 154 valence electrons. The lowest BCUT2D eigenvalue weighted by Gasteiger charge is -2.44. The van der Waals surface area contributed by atoms with Gasteiger partial charge in [0.2, 0.25) is 10.0 Å². The molecule has 2 aliphatic rings. The number of nitrogens with zero attached hydrogens (tertiary/aromatic N) is 4. The molecule has 1 fully saturated rings. The number of allylic oxidation sites excluding steroid dienone is 2. The molecule has 8 nitrogen and oxygen atoms in total. The number of anilines is 1. The lowest BCUT2D eigenvalue weighted by molar-refractivity contribution is -0.140. The summed E-state index contributed by atoms with van der Waals surface area (Å²) in [6.07, 6.45) is 6.22. The van der Waals surface area contributed by atoms with Crippen molar-refractivity contribution in [3.8, 4) is 6.07 Å². The Morgan fingerprint density at radius 2 is 2.14 bits per heavy atom. The molecule has 0 spiro atoms. The predicted octanol–water partition coefficient (Wildman–Crippen LogP) is 1.77. The van der Waals surface area contributed by atoms with E-state index in [-0.39, 0.29) is 6.54 Å². The summed E-state index contributed by atoms with van der Waals surface area (Å²) in [5.41, 5.74) is 1.15. The van der Waals surface area contributed by atoms with Crippen LogP contribution in [0.5, 0.6) is 0 Å². The van der Waals surface area contributed by atoms with Crippen molar-refractivity contribution in [3.05, 3.63) is 47.7 Å². The highest BCUT2D eigenvalue weighted by Gasteiger charge is 2.52. The number of piperazine rings is 1. The van der Waals surface area contributed by atoms with Crippen molar-refractivity contribution in [2.75, 3.05) is 24.5 Å². The Labute approximate surface area is 170 Å². The molecular weight excluding hydrogens is 392 g/mol. The summed E-state index contributed by atoms with van der Waals surface area (Å²) in [4.78, 5) is 18.0. The van der Waals surface area contributed by atoms with Crippen molar-refractivity contribution in [1.29, 1.82) is 5.26 Å². The molecule has 3 rings (SSSR count). The summed E-state index contributed by atoms with van der Waals surface area (Å²) in [5.74, 6) is -1.80. The standard InChI is InChI=1S/C20H24N4O4S/c1-14-6-7-17(19(25)26)20(3,11-14)29(27,28)24-10-9-23(13-15(24)2)18-16(12-21)5-4-8-22-18/h4-8,11,15,17H,9-10,13H2,1-3H3,(H,25,26). The van der Waals surface area contributed by atoms with Crippen LogP contribution in [0.2, 0.25) is 0 Å². The average molecular weight is 417 g/mol. The third-order valence-electron chi connectivity index (χ3n) is 5.59. The van der Waals surface area contributed by atoms with E-state index in [2.05, 4.69) is 11.1 Å². The van der Waals surface area contributed by atoms with Gasteiger partial charge in [0, 0.05) is 31.9 Å². The number of hydrogen-bond acceptors (Lipinski definition) is 6. The van der Waals surface area contributed by atoms with Crippen LogP contribution in [0.25, 0.3) is 0 Å². The lowest BCUT2D eigenvalue weighted by atomic mass is 9.86. The van der Waals surface area contributed by atoms with Crippen molar-refractivity contribution in [1.82, 2.24) is 9.29 Å². The summed E-state index contributed by atoms with van der Waals surface area (Å²) in [6.45, 7) is 5.92. The first-order valence-corrected chi connectivity index (χ1v) is 10.8. The van der Waals surface area contributed by atoms with Crippen LogP contribution >= 0.6 is 0 Å². The topological polar surface area (TPSA) is 115 Å². The minimum absolute atomic E-state index is 0.184. The van der Waals surface area contributed by atoms with Gasteiger partial charge in [-0.15, -0.1) is 0 Å². The number of sulfonamides is 1. The largest absolute Gasteiger partial charge is 0.481 e. The number of hydrogen-bond donors (Lipinski definition) is 1. The SMILES string of the molecule is CC1=CC(C)(S(=O)(=O)N2CCN(c3ncccc3C#N)CC2C)C(C(=O)O)C=C1. The first kappa shape index (κ1) is 21.0. The van der Waals surface area contributed by atoms with E-state index in [0.717, 1.165) is 0 Å². The highest BCUT2D eigenvalue weighted by atomic mass is 32.2. The Morgan fingerprint density at radius 1 is 1.41 bits per heavy atom. The van der Waals surface area contributed by atoms with E-state index in [1.807, 2.05) is 4.90 Å².